The topological polar surface area (TPSA) is 67.9 Å². The van der Waals surface area contributed by atoms with Gasteiger partial charge in [0.25, 0.3) is 5.91 Å². The minimum atomic E-state index is -0.562. The molecule has 0 bridgehead atoms. The van der Waals surface area contributed by atoms with Gasteiger partial charge in [-0.05, 0) is 48.6 Å². The van der Waals surface area contributed by atoms with Crippen molar-refractivity contribution in [2.45, 2.75) is 50.1 Å². The van der Waals surface area contributed by atoms with Crippen LogP contribution in [0, 0.1) is 0 Å². The van der Waals surface area contributed by atoms with Gasteiger partial charge in [-0.3, -0.25) is 9.59 Å². The summed E-state index contributed by atoms with van der Waals surface area (Å²) in [5.41, 5.74) is 3.37. The van der Waals surface area contributed by atoms with Crippen molar-refractivity contribution in [3.8, 4) is 11.5 Å². The van der Waals surface area contributed by atoms with Crippen molar-refractivity contribution < 1.29 is 19.1 Å². The minimum absolute atomic E-state index is 0.0151. The van der Waals surface area contributed by atoms with Crippen molar-refractivity contribution in [2.24, 2.45) is 0 Å². The Morgan fingerprint density at radius 3 is 2.38 bits per heavy atom. The average Bonchev–Trinajstić information content (AvgIpc) is 3.47. The summed E-state index contributed by atoms with van der Waals surface area (Å²) < 4.78 is 11.2. The second-order valence-corrected chi connectivity index (χ2v) is 9.79. The predicted octanol–water partition coefficient (Wildman–Crippen LogP) is 5.29. The molecule has 192 valence electrons. The van der Waals surface area contributed by atoms with E-state index < -0.39 is 12.0 Å². The summed E-state index contributed by atoms with van der Waals surface area (Å²) in [7, 11) is 3.23. The molecule has 1 saturated carbocycles. The van der Waals surface area contributed by atoms with E-state index in [1.165, 1.54) is 5.56 Å². The molecule has 1 aliphatic heterocycles. The number of carbonyl (C=O) groups is 2. The van der Waals surface area contributed by atoms with Gasteiger partial charge in [-0.15, -0.1) is 0 Å². The first kappa shape index (κ1) is 24.9. The molecule has 0 aromatic heterocycles. The van der Waals surface area contributed by atoms with Crippen LogP contribution in [0.2, 0.25) is 0 Å². The zero-order valence-corrected chi connectivity index (χ0v) is 21.5. The summed E-state index contributed by atoms with van der Waals surface area (Å²) in [5.74, 6) is 0.619. The normalized spacial score (nSPS) is 19.4. The highest BCUT2D eigenvalue weighted by molar-refractivity contribution is 6.01. The van der Waals surface area contributed by atoms with Gasteiger partial charge in [0.05, 0.1) is 26.2 Å². The maximum Gasteiger partial charge on any atom is 0.254 e. The number of benzene rings is 3. The third-order valence-corrected chi connectivity index (χ3v) is 7.69. The quantitative estimate of drug-likeness (QED) is 0.459. The van der Waals surface area contributed by atoms with Crippen molar-refractivity contribution in [3.63, 3.8) is 0 Å². The highest BCUT2D eigenvalue weighted by atomic mass is 16.5. The fourth-order valence-electron chi connectivity index (χ4n) is 5.90. The highest BCUT2D eigenvalue weighted by Crippen LogP contribution is 2.48. The Labute approximate surface area is 218 Å². The second-order valence-electron chi connectivity index (χ2n) is 9.79. The van der Waals surface area contributed by atoms with Crippen LogP contribution in [-0.2, 0) is 11.2 Å². The van der Waals surface area contributed by atoms with Crippen LogP contribution in [0.1, 0.15) is 64.7 Å². The van der Waals surface area contributed by atoms with Crippen LogP contribution >= 0.6 is 0 Å². The molecule has 1 heterocycles. The van der Waals surface area contributed by atoms with Gasteiger partial charge in [-0.25, -0.2) is 0 Å². The van der Waals surface area contributed by atoms with Crippen LogP contribution in [0.25, 0.3) is 0 Å². The first-order chi connectivity index (χ1) is 18.1. The lowest BCUT2D eigenvalue weighted by Gasteiger charge is -2.45. The Morgan fingerprint density at radius 2 is 1.65 bits per heavy atom. The molecular formula is C31H34N2O4. The number of nitrogens with zero attached hydrogens (tertiary/aromatic N) is 1. The molecule has 3 aromatic rings. The lowest BCUT2D eigenvalue weighted by Crippen LogP contribution is -2.51. The average molecular weight is 499 g/mol. The smallest absolute Gasteiger partial charge is 0.254 e. The van der Waals surface area contributed by atoms with Crippen molar-refractivity contribution in [3.05, 3.63) is 95.1 Å². The van der Waals surface area contributed by atoms with Crippen LogP contribution in [-0.4, -0.2) is 43.5 Å². The molecule has 2 amide bonds. The van der Waals surface area contributed by atoms with E-state index in [0.29, 0.717) is 23.6 Å². The Kier molecular flexibility index (Phi) is 7.45. The molecule has 6 heteroatoms. The molecule has 6 nitrogen and oxygen atoms in total. The summed E-state index contributed by atoms with van der Waals surface area (Å²) in [6.07, 6.45) is 4.77. The fourth-order valence-corrected chi connectivity index (χ4v) is 5.90. The maximum absolute atomic E-state index is 14.0. The SMILES string of the molecule is COc1ccc([C@H]2[C@H](C(=O)NCCc3ccccc3)c3ccccc3C(=O)N2C2CCCC2)c(OC)c1. The molecule has 2 atom stereocenters. The van der Waals surface area contributed by atoms with E-state index in [-0.39, 0.29) is 17.9 Å². The van der Waals surface area contributed by atoms with Gasteiger partial charge in [-0.2, -0.15) is 0 Å². The number of amides is 2. The van der Waals surface area contributed by atoms with E-state index in [1.54, 1.807) is 14.2 Å². The van der Waals surface area contributed by atoms with E-state index in [4.69, 9.17) is 9.47 Å². The number of hydrogen-bond acceptors (Lipinski definition) is 4. The van der Waals surface area contributed by atoms with Gasteiger partial charge in [0.15, 0.2) is 0 Å². The number of hydrogen-bond donors (Lipinski definition) is 1. The predicted molar refractivity (Wildman–Crippen MR) is 143 cm³/mol. The van der Waals surface area contributed by atoms with Gasteiger partial charge in [-0.1, -0.05) is 61.4 Å². The van der Waals surface area contributed by atoms with Crippen LogP contribution in [0.4, 0.5) is 0 Å². The lowest BCUT2D eigenvalue weighted by atomic mass is 9.78. The minimum Gasteiger partial charge on any atom is -0.497 e. The van der Waals surface area contributed by atoms with Gasteiger partial charge in [0.2, 0.25) is 5.91 Å². The van der Waals surface area contributed by atoms with E-state index >= 15 is 0 Å². The maximum atomic E-state index is 14.0. The zero-order valence-electron chi connectivity index (χ0n) is 21.5. The standard InChI is InChI=1S/C31H34N2O4/c1-36-23-16-17-26(27(20-23)37-2)29-28(30(34)32-19-18-21-10-4-3-5-11-21)24-14-8-9-15-25(24)31(35)33(29)22-12-6-7-13-22/h3-5,8-11,14-17,20,22,28-29H,6-7,12-13,18-19H2,1-2H3,(H,32,34)/t28-,29+/m1/s1. The summed E-state index contributed by atoms with van der Waals surface area (Å²) in [6, 6.07) is 22.9. The van der Waals surface area contributed by atoms with Gasteiger partial charge < -0.3 is 19.7 Å². The number of fused-ring (bicyclic) bond motifs is 1. The monoisotopic (exact) mass is 498 g/mol. The molecule has 1 aliphatic carbocycles. The molecule has 0 spiro atoms. The van der Waals surface area contributed by atoms with Gasteiger partial charge in [0, 0.05) is 29.8 Å². The molecule has 0 radical (unpaired) electrons. The van der Waals surface area contributed by atoms with Crippen LogP contribution in [0.3, 0.4) is 0 Å². The highest BCUT2D eigenvalue weighted by Gasteiger charge is 2.47. The van der Waals surface area contributed by atoms with Crippen molar-refractivity contribution >= 4 is 11.8 Å². The summed E-state index contributed by atoms with van der Waals surface area (Å²) in [6.45, 7) is 0.519. The Balaban J connectivity index is 1.57. The molecule has 5 rings (SSSR count). The third-order valence-electron chi connectivity index (χ3n) is 7.69. The van der Waals surface area contributed by atoms with E-state index in [1.807, 2.05) is 65.6 Å². The molecular weight excluding hydrogens is 464 g/mol. The van der Waals surface area contributed by atoms with Crippen LogP contribution in [0.5, 0.6) is 11.5 Å². The molecule has 1 fully saturated rings. The molecule has 0 unspecified atom stereocenters. The largest absolute Gasteiger partial charge is 0.497 e. The Morgan fingerprint density at radius 1 is 0.919 bits per heavy atom. The lowest BCUT2D eigenvalue weighted by molar-refractivity contribution is -0.124. The third kappa shape index (κ3) is 4.93. The van der Waals surface area contributed by atoms with Crippen molar-refractivity contribution in [2.75, 3.05) is 20.8 Å². The summed E-state index contributed by atoms with van der Waals surface area (Å²) in [5, 5.41) is 3.19. The van der Waals surface area contributed by atoms with E-state index in [0.717, 1.165) is 43.2 Å². The van der Waals surface area contributed by atoms with Gasteiger partial charge in [0.1, 0.15) is 11.5 Å². The Bertz CT molecular complexity index is 1250. The van der Waals surface area contributed by atoms with Crippen LogP contribution < -0.4 is 14.8 Å². The molecule has 3 aromatic carbocycles. The summed E-state index contributed by atoms with van der Waals surface area (Å²) >= 11 is 0. The number of carbonyl (C=O) groups excluding carboxylic acids is 2. The first-order valence-electron chi connectivity index (χ1n) is 13.1. The van der Waals surface area contributed by atoms with Crippen molar-refractivity contribution in [1.29, 1.82) is 0 Å². The second kappa shape index (κ2) is 11.1. The summed E-state index contributed by atoms with van der Waals surface area (Å²) in [4.78, 5) is 30.0. The van der Waals surface area contributed by atoms with Gasteiger partial charge >= 0.3 is 0 Å². The van der Waals surface area contributed by atoms with E-state index in [2.05, 4.69) is 17.4 Å². The number of ether oxygens (including phenoxy) is 2. The zero-order chi connectivity index (χ0) is 25.8. The molecule has 2 aliphatic rings. The molecule has 0 saturated heterocycles. The molecule has 37 heavy (non-hydrogen) atoms. The first-order valence-corrected chi connectivity index (χ1v) is 13.1. The number of methoxy groups -OCH3 is 2. The van der Waals surface area contributed by atoms with E-state index in [9.17, 15) is 9.59 Å². The van der Waals surface area contributed by atoms with Crippen LogP contribution in [0.15, 0.2) is 72.8 Å². The fraction of sp³-hybridized carbons (Fsp3) is 0.355. The molecule has 1 N–H and O–H groups in total. The number of rotatable bonds is 8. The number of nitrogens with one attached hydrogen (secondary N) is 1. The van der Waals surface area contributed by atoms with Crippen molar-refractivity contribution in [1.82, 2.24) is 10.2 Å². The Hall–Kier alpha value is -3.80.